The molecule has 0 rings (SSSR count). The van der Waals surface area contributed by atoms with Crippen LogP contribution in [0, 0.1) is 58.3 Å². The molecule has 0 bridgehead atoms. The van der Waals surface area contributed by atoms with E-state index in [1.165, 1.54) is 0 Å². The molecule has 0 aromatic rings. The van der Waals surface area contributed by atoms with Crippen molar-refractivity contribution in [2.45, 2.75) is 0 Å². The molecule has 84 valence electrons. The molecule has 0 atom stereocenters. The van der Waals surface area contributed by atoms with E-state index in [4.69, 9.17) is 45.0 Å². The summed E-state index contributed by atoms with van der Waals surface area (Å²) in [5.74, 6) is 0. The maximum absolute atomic E-state index is 8.33. The molecule has 0 unspecified atom stereocenters. The average Bonchev–Trinajstić information content (AvgIpc) is 1.54. The fourth-order valence-corrected chi connectivity index (χ4v) is 0. The quantitative estimate of drug-likeness (QED) is 0.242. The SMILES string of the molecule is O=C([O-])[O-].O=C([O-])[O-].O=C([O-])[O-].[Pu].[Pu]. The first-order chi connectivity index (χ1) is 5.20. The van der Waals surface area contributed by atoms with Crippen molar-refractivity contribution in [2.24, 2.45) is 0 Å². The fourth-order valence-electron chi connectivity index (χ4n) is 0. The maximum Gasteiger partial charge on any atom is 0 e. The smallest absolute Gasteiger partial charge is 0 e. The van der Waals surface area contributed by atoms with Crippen LogP contribution in [0.5, 0.6) is 0 Å². The van der Waals surface area contributed by atoms with Gasteiger partial charge in [-0.1, -0.05) is 0 Å². The van der Waals surface area contributed by atoms with Crippen LogP contribution in [0.25, 0.3) is 0 Å². The first kappa shape index (κ1) is 29.2. The normalized spacial score (nSPS) is 5.14. The van der Waals surface area contributed by atoms with Gasteiger partial charge in [0.25, 0.3) is 0 Å². The first-order valence-electron chi connectivity index (χ1n) is 1.84. The molecule has 0 amide bonds. The van der Waals surface area contributed by atoms with Crippen molar-refractivity contribution in [3.05, 3.63) is 0 Å². The van der Waals surface area contributed by atoms with Gasteiger partial charge >= 0.3 is 0 Å². The van der Waals surface area contributed by atoms with Gasteiger partial charge in [-0.15, -0.1) is 0 Å². The zero-order chi connectivity index (χ0) is 10.7. The largest absolute Gasteiger partial charge is 0.652 e. The number of carbonyl (C=O) groups excluding carboxylic acids is 3. The molecule has 0 saturated carbocycles. The molecule has 9 nitrogen and oxygen atoms in total. The molecule has 11 heteroatoms. The third kappa shape index (κ3) is 29400. The Morgan fingerprint density at radius 3 is 0.500 bits per heavy atom. The second-order valence-corrected chi connectivity index (χ2v) is 0.750. The van der Waals surface area contributed by atoms with E-state index in [2.05, 4.69) is 0 Å². The molecule has 0 saturated heterocycles. The monoisotopic (exact) mass is 656 g/mol. The summed E-state index contributed by atoms with van der Waals surface area (Å²) >= 11 is 0. The van der Waals surface area contributed by atoms with Crippen molar-refractivity contribution >= 4 is 18.5 Å². The van der Waals surface area contributed by atoms with E-state index >= 15 is 0 Å². The van der Waals surface area contributed by atoms with Gasteiger partial charge in [-0.3, -0.25) is 0 Å². The van der Waals surface area contributed by atoms with Crippen LogP contribution in [0.3, 0.4) is 0 Å². The van der Waals surface area contributed by atoms with E-state index in [1.54, 1.807) is 0 Å². The van der Waals surface area contributed by atoms with Gasteiger partial charge in [-0.05, 0) is 18.5 Å². The van der Waals surface area contributed by atoms with Crippen molar-refractivity contribution in [2.75, 3.05) is 0 Å². The number of rotatable bonds is 0. The first-order valence-corrected chi connectivity index (χ1v) is 1.84. The number of carbonyl (C=O) groups is 3. The summed E-state index contributed by atoms with van der Waals surface area (Å²) in [6.45, 7) is 0. The Morgan fingerprint density at radius 2 is 0.500 bits per heavy atom. The molecule has 0 aromatic heterocycles. The summed E-state index contributed by atoms with van der Waals surface area (Å²) in [6, 6.07) is 0. The topological polar surface area (TPSA) is 190 Å². The van der Waals surface area contributed by atoms with Crippen LogP contribution in [0.1, 0.15) is 0 Å². The van der Waals surface area contributed by atoms with Crippen LogP contribution >= 0.6 is 0 Å². The van der Waals surface area contributed by atoms with E-state index in [0.29, 0.717) is 0 Å². The minimum atomic E-state index is -2.33. The Morgan fingerprint density at radius 1 is 0.500 bits per heavy atom. The average molecular weight is 668 g/mol. The van der Waals surface area contributed by atoms with E-state index in [1.807, 2.05) is 0 Å². The van der Waals surface area contributed by atoms with Crippen molar-refractivity contribution in [1.82, 2.24) is 0 Å². The molecule has 0 radical (unpaired) electrons. The van der Waals surface area contributed by atoms with Gasteiger partial charge in [0.2, 0.25) is 0 Å². The van der Waals surface area contributed by atoms with E-state index in [0.717, 1.165) is 0 Å². The van der Waals surface area contributed by atoms with Crippen LogP contribution in [0.4, 0.5) is 14.4 Å². The van der Waals surface area contributed by atoms with Gasteiger partial charge in [-0.25, -0.2) is 0 Å². The Balaban J connectivity index is -0.0000000270. The summed E-state index contributed by atoms with van der Waals surface area (Å²) in [5.41, 5.74) is 0. The molecule has 0 aliphatic rings. The van der Waals surface area contributed by atoms with E-state index < -0.39 is 18.5 Å². The molecule has 14 heavy (non-hydrogen) atoms. The molecule has 0 aromatic carbocycles. The molecular formula is C3O9Pu2-6. The van der Waals surface area contributed by atoms with E-state index in [-0.39, 0.29) is 58.3 Å². The summed E-state index contributed by atoms with van der Waals surface area (Å²) in [5, 5.41) is 50.0. The van der Waals surface area contributed by atoms with Gasteiger partial charge in [0.05, 0.1) is 0 Å². The Bertz CT molecular complexity index is 116. The van der Waals surface area contributed by atoms with Crippen LogP contribution < -0.4 is 30.6 Å². The zero-order valence-corrected chi connectivity index (χ0v) is 12.8. The minimum absolute atomic E-state index is 0. The van der Waals surface area contributed by atoms with Crippen LogP contribution in [-0.2, 0) is 0 Å². The van der Waals surface area contributed by atoms with Crippen LogP contribution in [0.2, 0.25) is 0 Å². The second-order valence-electron chi connectivity index (χ2n) is 0.750. The molecule has 0 N–H and O–H groups in total. The predicted molar refractivity (Wildman–Crippen MR) is 16.2 cm³/mol. The standard InChI is InChI=1S/3CH2O3.2Pu/c3*2-1(3)4;;/h3*(H2,2,3,4);;/p-6. The Kier molecular flexibility index (Phi) is 48.0. The molecule has 0 aliphatic carbocycles. The predicted octanol–water partition coefficient (Wildman–Crippen LogP) is -7.34. The molecule has 0 spiro atoms. The van der Waals surface area contributed by atoms with Crippen molar-refractivity contribution in [3.63, 3.8) is 0 Å². The number of hydrogen-bond acceptors (Lipinski definition) is 9. The zero-order valence-electron chi connectivity index (χ0n) is 5.99. The minimum Gasteiger partial charge on any atom is -0.652 e. The van der Waals surface area contributed by atoms with Gasteiger partial charge in [0.15, 0.2) is 0 Å². The van der Waals surface area contributed by atoms with Gasteiger partial charge in [-0.2, -0.15) is 0 Å². The summed E-state index contributed by atoms with van der Waals surface area (Å²) < 4.78 is 0. The molecule has 0 heterocycles. The number of hydrogen-bond donors (Lipinski definition) is 0. The van der Waals surface area contributed by atoms with Gasteiger partial charge in [0, 0.05) is 58.3 Å². The molecule has 0 fully saturated rings. The van der Waals surface area contributed by atoms with Crippen molar-refractivity contribution in [3.8, 4) is 0 Å². The third-order valence-corrected chi connectivity index (χ3v) is 0. The summed E-state index contributed by atoms with van der Waals surface area (Å²) in [7, 11) is 0. The third-order valence-electron chi connectivity index (χ3n) is 0. The molecular weight excluding hydrogens is 668 g/mol. The molecule has 0 aliphatic heterocycles. The van der Waals surface area contributed by atoms with Gasteiger partial charge in [0.1, 0.15) is 0 Å². The Hall–Kier alpha value is -0.216. The summed E-state index contributed by atoms with van der Waals surface area (Å²) in [4.78, 5) is 25.0. The van der Waals surface area contributed by atoms with Crippen molar-refractivity contribution in [1.29, 1.82) is 0 Å². The number of carboxylic acid groups (broad SMARTS) is 6. The fraction of sp³-hybridized carbons (Fsp3) is 0. The van der Waals surface area contributed by atoms with Crippen molar-refractivity contribution < 1.29 is 103 Å². The summed E-state index contributed by atoms with van der Waals surface area (Å²) in [6.07, 6.45) is -7.00. The Labute approximate surface area is 121 Å². The van der Waals surface area contributed by atoms with Gasteiger partial charge < -0.3 is 45.0 Å². The van der Waals surface area contributed by atoms with E-state index in [9.17, 15) is 0 Å². The maximum atomic E-state index is 8.33. The van der Waals surface area contributed by atoms with Crippen LogP contribution in [0.15, 0.2) is 0 Å². The van der Waals surface area contributed by atoms with Crippen LogP contribution in [-0.4, -0.2) is 18.5 Å². The second kappa shape index (κ2) is 23.0.